The van der Waals surface area contributed by atoms with Gasteiger partial charge in [-0.3, -0.25) is 9.69 Å². The molecule has 2 aromatic carbocycles. The summed E-state index contributed by atoms with van der Waals surface area (Å²) in [5.41, 5.74) is 2.06. The standard InChI is InChI=1S/C21H22N2O3/c1-15(17-10-6-3-7-11-17)23-18-12-13-22(19(18)20(23)24)21(25)26-14-16-8-4-2-5-9-16/h2-11,15,18-19H,12-14H2,1H3/t15-,18?,19?/m1/s1. The molecule has 2 aromatic rings. The molecule has 0 bridgehead atoms. The van der Waals surface area contributed by atoms with Gasteiger partial charge in [0.05, 0.1) is 12.1 Å². The number of nitrogens with zero attached hydrogens (tertiary/aromatic N) is 2. The lowest BCUT2D eigenvalue weighted by Gasteiger charge is -2.48. The van der Waals surface area contributed by atoms with Crippen LogP contribution in [-0.4, -0.2) is 40.4 Å². The van der Waals surface area contributed by atoms with Gasteiger partial charge in [0, 0.05) is 6.54 Å². The highest BCUT2D eigenvalue weighted by molar-refractivity contribution is 5.93. The van der Waals surface area contributed by atoms with Crippen LogP contribution in [0.25, 0.3) is 0 Å². The molecule has 2 heterocycles. The maximum atomic E-state index is 12.7. The topological polar surface area (TPSA) is 49.9 Å². The molecule has 3 atom stereocenters. The molecule has 5 heteroatoms. The summed E-state index contributed by atoms with van der Waals surface area (Å²) in [5, 5.41) is 0. The van der Waals surface area contributed by atoms with Gasteiger partial charge in [-0.15, -0.1) is 0 Å². The Bertz CT molecular complexity index is 793. The van der Waals surface area contributed by atoms with Gasteiger partial charge in [0.25, 0.3) is 0 Å². The van der Waals surface area contributed by atoms with Crippen molar-refractivity contribution in [3.63, 3.8) is 0 Å². The highest BCUT2D eigenvalue weighted by Gasteiger charge is 2.57. The Morgan fingerprint density at radius 2 is 1.77 bits per heavy atom. The Labute approximate surface area is 153 Å². The van der Waals surface area contributed by atoms with Crippen LogP contribution in [0.2, 0.25) is 0 Å². The second kappa shape index (κ2) is 6.83. The summed E-state index contributed by atoms with van der Waals surface area (Å²) in [5.74, 6) is 0.0144. The molecule has 0 N–H and O–H groups in total. The van der Waals surface area contributed by atoms with Gasteiger partial charge in [0.1, 0.15) is 12.6 Å². The zero-order valence-corrected chi connectivity index (χ0v) is 14.7. The summed E-state index contributed by atoms with van der Waals surface area (Å²) < 4.78 is 5.41. The van der Waals surface area contributed by atoms with Crippen LogP contribution in [0, 0.1) is 0 Å². The molecule has 2 aliphatic rings. The van der Waals surface area contributed by atoms with Crippen LogP contribution in [0.15, 0.2) is 60.7 Å². The van der Waals surface area contributed by atoms with Gasteiger partial charge in [-0.05, 0) is 24.5 Å². The number of β-lactam (4-membered cyclic amide) rings is 1. The van der Waals surface area contributed by atoms with Crippen LogP contribution < -0.4 is 0 Å². The van der Waals surface area contributed by atoms with Crippen LogP contribution in [0.5, 0.6) is 0 Å². The first kappa shape index (κ1) is 16.6. The number of likely N-dealkylation sites (tertiary alicyclic amines) is 2. The molecule has 2 amide bonds. The Hall–Kier alpha value is -2.82. The number of hydrogen-bond donors (Lipinski definition) is 0. The van der Waals surface area contributed by atoms with E-state index in [-0.39, 0.29) is 30.6 Å². The molecular formula is C21H22N2O3. The average molecular weight is 350 g/mol. The largest absolute Gasteiger partial charge is 0.445 e. The molecule has 5 nitrogen and oxygen atoms in total. The highest BCUT2D eigenvalue weighted by Crippen LogP contribution is 2.40. The highest BCUT2D eigenvalue weighted by atomic mass is 16.6. The third-order valence-electron chi connectivity index (χ3n) is 5.37. The molecule has 0 saturated carbocycles. The van der Waals surface area contributed by atoms with E-state index in [4.69, 9.17) is 4.74 Å². The van der Waals surface area contributed by atoms with Crippen molar-refractivity contribution in [1.82, 2.24) is 9.80 Å². The first-order chi connectivity index (χ1) is 12.7. The second-order valence-corrected chi connectivity index (χ2v) is 6.87. The van der Waals surface area contributed by atoms with Crippen molar-refractivity contribution in [2.45, 2.75) is 38.1 Å². The van der Waals surface area contributed by atoms with Crippen LogP contribution in [0.3, 0.4) is 0 Å². The summed E-state index contributed by atoms with van der Waals surface area (Å²) in [4.78, 5) is 28.7. The van der Waals surface area contributed by atoms with Crippen molar-refractivity contribution in [1.29, 1.82) is 0 Å². The SMILES string of the molecule is C[C@H](c1ccccc1)N1C(=O)C2C1CCN2C(=O)OCc1ccccc1. The van der Waals surface area contributed by atoms with Crippen molar-refractivity contribution in [2.24, 2.45) is 0 Å². The lowest BCUT2D eigenvalue weighted by Crippen LogP contribution is -2.67. The minimum Gasteiger partial charge on any atom is -0.445 e. The molecule has 2 unspecified atom stereocenters. The maximum absolute atomic E-state index is 12.7. The van der Waals surface area contributed by atoms with Crippen LogP contribution in [-0.2, 0) is 16.1 Å². The molecular weight excluding hydrogens is 328 g/mol. The molecule has 4 rings (SSSR count). The van der Waals surface area contributed by atoms with Gasteiger partial charge in [-0.25, -0.2) is 4.79 Å². The zero-order chi connectivity index (χ0) is 18.1. The van der Waals surface area contributed by atoms with Gasteiger partial charge >= 0.3 is 6.09 Å². The van der Waals surface area contributed by atoms with Crippen molar-refractivity contribution in [3.05, 3.63) is 71.8 Å². The number of carbonyl (C=O) groups excluding carboxylic acids is 2. The van der Waals surface area contributed by atoms with E-state index in [1.54, 1.807) is 4.90 Å². The molecule has 0 aliphatic carbocycles. The average Bonchev–Trinajstić information content (AvgIpc) is 3.07. The lowest BCUT2D eigenvalue weighted by atomic mass is 9.91. The number of benzene rings is 2. The molecule has 0 radical (unpaired) electrons. The Balaban J connectivity index is 1.39. The van der Waals surface area contributed by atoms with Crippen molar-refractivity contribution < 1.29 is 14.3 Å². The second-order valence-electron chi connectivity index (χ2n) is 6.87. The van der Waals surface area contributed by atoms with Gasteiger partial charge in [0.15, 0.2) is 0 Å². The van der Waals surface area contributed by atoms with Crippen molar-refractivity contribution >= 4 is 12.0 Å². The first-order valence-electron chi connectivity index (χ1n) is 9.01. The fourth-order valence-corrected chi connectivity index (χ4v) is 3.98. The molecule has 0 aromatic heterocycles. The number of fused-ring (bicyclic) bond motifs is 1. The Kier molecular flexibility index (Phi) is 4.37. The van der Waals surface area contributed by atoms with E-state index in [9.17, 15) is 9.59 Å². The Morgan fingerprint density at radius 1 is 1.12 bits per heavy atom. The minimum absolute atomic E-state index is 0.0144. The maximum Gasteiger partial charge on any atom is 0.410 e. The Morgan fingerprint density at radius 3 is 2.46 bits per heavy atom. The minimum atomic E-state index is -0.401. The summed E-state index contributed by atoms with van der Waals surface area (Å²) in [6.07, 6.45) is 0.398. The summed E-state index contributed by atoms with van der Waals surface area (Å²) in [6, 6.07) is 19.3. The van der Waals surface area contributed by atoms with Gasteiger partial charge in [-0.1, -0.05) is 60.7 Å². The number of rotatable bonds is 4. The third-order valence-corrected chi connectivity index (χ3v) is 5.37. The van der Waals surface area contributed by atoms with Crippen LogP contribution >= 0.6 is 0 Å². The van der Waals surface area contributed by atoms with Gasteiger partial charge in [-0.2, -0.15) is 0 Å². The van der Waals surface area contributed by atoms with E-state index in [2.05, 4.69) is 0 Å². The predicted molar refractivity (Wildman–Crippen MR) is 97.2 cm³/mol. The monoisotopic (exact) mass is 350 g/mol. The van der Waals surface area contributed by atoms with E-state index in [0.717, 1.165) is 17.5 Å². The quantitative estimate of drug-likeness (QED) is 0.795. The fraction of sp³-hybridized carbons (Fsp3) is 0.333. The van der Waals surface area contributed by atoms with Gasteiger partial charge < -0.3 is 9.64 Å². The molecule has 2 aliphatic heterocycles. The van der Waals surface area contributed by atoms with E-state index in [1.165, 1.54) is 0 Å². The van der Waals surface area contributed by atoms with Crippen LogP contribution in [0.1, 0.15) is 30.5 Å². The predicted octanol–water partition coefficient (Wildman–Crippen LogP) is 3.37. The van der Waals surface area contributed by atoms with Gasteiger partial charge in [0.2, 0.25) is 5.91 Å². The van der Waals surface area contributed by atoms with E-state index in [1.807, 2.05) is 72.5 Å². The van der Waals surface area contributed by atoms with Crippen LogP contribution in [0.4, 0.5) is 4.79 Å². The van der Waals surface area contributed by atoms with E-state index < -0.39 is 6.09 Å². The van der Waals surface area contributed by atoms with Crippen molar-refractivity contribution in [3.8, 4) is 0 Å². The first-order valence-corrected chi connectivity index (χ1v) is 9.01. The summed E-state index contributed by atoms with van der Waals surface area (Å²) >= 11 is 0. The summed E-state index contributed by atoms with van der Waals surface area (Å²) in [6.45, 7) is 2.83. The van der Waals surface area contributed by atoms with Crippen molar-refractivity contribution in [2.75, 3.05) is 6.54 Å². The molecule has 2 saturated heterocycles. The summed E-state index contributed by atoms with van der Waals surface area (Å²) in [7, 11) is 0. The normalized spacial score (nSPS) is 22.6. The smallest absolute Gasteiger partial charge is 0.410 e. The number of hydrogen-bond acceptors (Lipinski definition) is 3. The zero-order valence-electron chi connectivity index (χ0n) is 14.7. The van der Waals surface area contributed by atoms with E-state index in [0.29, 0.717) is 6.54 Å². The fourth-order valence-electron chi connectivity index (χ4n) is 3.98. The number of amides is 2. The molecule has 2 fully saturated rings. The number of ether oxygens (including phenoxy) is 1. The molecule has 26 heavy (non-hydrogen) atoms. The molecule has 134 valence electrons. The number of carbonyl (C=O) groups is 2. The van der Waals surface area contributed by atoms with E-state index >= 15 is 0 Å². The lowest BCUT2D eigenvalue weighted by molar-refractivity contribution is -0.156. The molecule has 0 spiro atoms. The third kappa shape index (κ3) is 2.83.